The van der Waals surface area contributed by atoms with Gasteiger partial charge in [0.2, 0.25) is 5.91 Å². The van der Waals surface area contributed by atoms with Gasteiger partial charge in [0.1, 0.15) is 5.92 Å². The van der Waals surface area contributed by atoms with Gasteiger partial charge in [0.05, 0.1) is 6.10 Å². The number of nitrogens with two attached hydrogens (primary N) is 1. The van der Waals surface area contributed by atoms with E-state index in [1.54, 1.807) is 7.11 Å². The van der Waals surface area contributed by atoms with Gasteiger partial charge in [0.15, 0.2) is 5.84 Å². The van der Waals surface area contributed by atoms with Crippen LogP contribution < -0.4 is 11.1 Å². The largest absolute Gasteiger partial charge is 0.409 e. The minimum atomic E-state index is -0.609. The molecule has 0 heterocycles. The lowest BCUT2D eigenvalue weighted by molar-refractivity contribution is -0.135. The molecule has 0 bridgehead atoms. The van der Waals surface area contributed by atoms with E-state index >= 15 is 0 Å². The van der Waals surface area contributed by atoms with Crippen molar-refractivity contribution in [2.75, 3.05) is 7.11 Å². The van der Waals surface area contributed by atoms with Crippen molar-refractivity contribution in [3.63, 3.8) is 0 Å². The Bertz CT molecular complexity index is 366. The Morgan fingerprint density at radius 2 is 2.11 bits per heavy atom. The molecule has 3 unspecified atom stereocenters. The van der Waals surface area contributed by atoms with Crippen LogP contribution in [0, 0.1) is 17.3 Å². The van der Waals surface area contributed by atoms with Gasteiger partial charge in [-0.15, -0.1) is 0 Å². The lowest BCUT2D eigenvalue weighted by atomic mass is 9.64. The fourth-order valence-electron chi connectivity index (χ4n) is 2.63. The Labute approximate surface area is 114 Å². The summed E-state index contributed by atoms with van der Waals surface area (Å²) >= 11 is 0. The molecule has 0 radical (unpaired) electrons. The molecule has 1 aliphatic carbocycles. The zero-order valence-electron chi connectivity index (χ0n) is 12.3. The number of ether oxygens (including phenoxy) is 1. The van der Waals surface area contributed by atoms with Crippen LogP contribution in [0.2, 0.25) is 0 Å². The van der Waals surface area contributed by atoms with Gasteiger partial charge in [0.25, 0.3) is 0 Å². The zero-order valence-corrected chi connectivity index (χ0v) is 12.3. The second-order valence-corrected chi connectivity index (χ2v) is 6.09. The minimum absolute atomic E-state index is 0.0303. The summed E-state index contributed by atoms with van der Waals surface area (Å²) in [6, 6.07) is 0.0534. The molecule has 1 rings (SSSR count). The molecular weight excluding hydrogens is 246 g/mol. The maximum atomic E-state index is 12.2. The molecule has 1 fully saturated rings. The summed E-state index contributed by atoms with van der Waals surface area (Å²) in [6.07, 6.45) is 0.940. The molecule has 6 nitrogen and oxygen atoms in total. The first-order valence-corrected chi connectivity index (χ1v) is 6.56. The highest BCUT2D eigenvalue weighted by atomic mass is 16.5. The lowest BCUT2D eigenvalue weighted by Gasteiger charge is -2.51. The molecular formula is C13H25N3O3. The van der Waals surface area contributed by atoms with Gasteiger partial charge in [-0.2, -0.15) is 0 Å². The maximum absolute atomic E-state index is 12.2. The Hall–Kier alpha value is -1.30. The van der Waals surface area contributed by atoms with E-state index in [2.05, 4.69) is 24.3 Å². The molecule has 19 heavy (non-hydrogen) atoms. The minimum Gasteiger partial charge on any atom is -0.409 e. The molecule has 1 saturated carbocycles. The molecule has 0 aromatic heterocycles. The molecule has 0 saturated heterocycles. The number of nitrogens with zero attached hydrogens (tertiary/aromatic N) is 1. The maximum Gasteiger partial charge on any atom is 0.231 e. The van der Waals surface area contributed by atoms with Crippen molar-refractivity contribution >= 4 is 11.7 Å². The van der Waals surface area contributed by atoms with Crippen LogP contribution in [0.5, 0.6) is 0 Å². The first-order valence-electron chi connectivity index (χ1n) is 6.56. The zero-order chi connectivity index (χ0) is 14.8. The van der Waals surface area contributed by atoms with Crippen LogP contribution in [0.25, 0.3) is 0 Å². The Balaban J connectivity index is 2.70. The van der Waals surface area contributed by atoms with E-state index in [-0.39, 0.29) is 35.2 Å². The Kier molecular flexibility index (Phi) is 4.79. The first-order chi connectivity index (χ1) is 8.75. The first kappa shape index (κ1) is 15.8. The van der Waals surface area contributed by atoms with Crippen LogP contribution in [0.4, 0.5) is 0 Å². The third kappa shape index (κ3) is 3.00. The van der Waals surface area contributed by atoms with E-state index in [1.807, 2.05) is 13.8 Å². The number of hydrogen-bond acceptors (Lipinski definition) is 4. The summed E-state index contributed by atoms with van der Waals surface area (Å²) in [5, 5.41) is 14.7. The van der Waals surface area contributed by atoms with Gasteiger partial charge >= 0.3 is 0 Å². The molecule has 1 amide bonds. The van der Waals surface area contributed by atoms with Gasteiger partial charge < -0.3 is 21.0 Å². The van der Waals surface area contributed by atoms with E-state index < -0.39 is 5.92 Å². The second-order valence-electron chi connectivity index (χ2n) is 6.09. The van der Waals surface area contributed by atoms with Gasteiger partial charge in [0, 0.05) is 18.6 Å². The van der Waals surface area contributed by atoms with E-state index in [1.165, 1.54) is 0 Å². The van der Waals surface area contributed by atoms with E-state index in [9.17, 15) is 4.79 Å². The van der Waals surface area contributed by atoms with Crippen LogP contribution in [0.3, 0.4) is 0 Å². The number of methoxy groups -OCH3 is 1. The number of carbonyl (C=O) groups is 1. The topological polar surface area (TPSA) is 96.9 Å². The SMILES string of the molecule is COC1CC(NC(=O)C(C(N)=NO)C(C)C)C1(C)C. The smallest absolute Gasteiger partial charge is 0.231 e. The predicted molar refractivity (Wildman–Crippen MR) is 72.9 cm³/mol. The predicted octanol–water partition coefficient (Wildman–Crippen LogP) is 0.935. The Morgan fingerprint density at radius 3 is 2.47 bits per heavy atom. The number of oxime groups is 1. The van der Waals surface area contributed by atoms with E-state index in [4.69, 9.17) is 15.7 Å². The number of amides is 1. The highest BCUT2D eigenvalue weighted by molar-refractivity contribution is 6.02. The van der Waals surface area contributed by atoms with Crippen molar-refractivity contribution in [2.24, 2.45) is 28.1 Å². The number of carbonyl (C=O) groups excluding carboxylic acids is 1. The second kappa shape index (κ2) is 5.77. The van der Waals surface area contributed by atoms with Crippen molar-refractivity contribution in [1.82, 2.24) is 5.32 Å². The fourth-order valence-corrected chi connectivity index (χ4v) is 2.63. The van der Waals surface area contributed by atoms with Crippen molar-refractivity contribution in [2.45, 2.75) is 46.3 Å². The molecule has 4 N–H and O–H groups in total. The fraction of sp³-hybridized carbons (Fsp3) is 0.846. The number of rotatable bonds is 5. The average molecular weight is 271 g/mol. The van der Waals surface area contributed by atoms with Crippen molar-refractivity contribution in [3.05, 3.63) is 0 Å². The molecule has 0 spiro atoms. The monoisotopic (exact) mass is 271 g/mol. The summed E-state index contributed by atoms with van der Waals surface area (Å²) < 4.78 is 5.35. The third-order valence-electron chi connectivity index (χ3n) is 4.16. The summed E-state index contributed by atoms with van der Waals surface area (Å²) in [4.78, 5) is 12.2. The van der Waals surface area contributed by atoms with Crippen LogP contribution in [-0.2, 0) is 9.53 Å². The molecule has 110 valence electrons. The van der Waals surface area contributed by atoms with Crippen LogP contribution >= 0.6 is 0 Å². The van der Waals surface area contributed by atoms with Crippen molar-refractivity contribution in [3.8, 4) is 0 Å². The van der Waals surface area contributed by atoms with Gasteiger partial charge in [-0.1, -0.05) is 32.9 Å². The summed E-state index contributed by atoms with van der Waals surface area (Å²) in [5.41, 5.74) is 5.49. The summed E-state index contributed by atoms with van der Waals surface area (Å²) in [5.74, 6) is -0.884. The molecule has 1 aliphatic rings. The van der Waals surface area contributed by atoms with Gasteiger partial charge in [-0.25, -0.2) is 0 Å². The molecule has 0 aromatic rings. The Morgan fingerprint density at radius 1 is 1.53 bits per heavy atom. The van der Waals surface area contributed by atoms with Gasteiger partial charge in [-0.05, 0) is 12.3 Å². The van der Waals surface area contributed by atoms with E-state index in [0.717, 1.165) is 6.42 Å². The van der Waals surface area contributed by atoms with Crippen LogP contribution in [0.15, 0.2) is 5.16 Å². The standard InChI is InChI=1S/C13H25N3O3/c1-7(2)10(11(14)16-18)12(17)15-8-6-9(19-5)13(8,3)4/h7-10,18H,6H2,1-5H3,(H2,14,16)(H,15,17). The quantitative estimate of drug-likeness (QED) is 0.300. The number of hydrogen-bond donors (Lipinski definition) is 3. The molecule has 6 heteroatoms. The summed E-state index contributed by atoms with van der Waals surface area (Å²) in [7, 11) is 1.68. The van der Waals surface area contributed by atoms with E-state index in [0.29, 0.717) is 0 Å². The number of amidine groups is 1. The highest BCUT2D eigenvalue weighted by Gasteiger charge is 2.49. The number of nitrogens with one attached hydrogen (secondary N) is 1. The third-order valence-corrected chi connectivity index (χ3v) is 4.16. The van der Waals surface area contributed by atoms with Crippen LogP contribution in [0.1, 0.15) is 34.1 Å². The normalized spacial score (nSPS) is 27.8. The molecule has 0 aliphatic heterocycles. The summed E-state index contributed by atoms with van der Waals surface area (Å²) in [6.45, 7) is 7.85. The lowest BCUT2D eigenvalue weighted by Crippen LogP contribution is -2.63. The average Bonchev–Trinajstić information content (AvgIpc) is 2.33. The van der Waals surface area contributed by atoms with Crippen LogP contribution in [-0.4, -0.2) is 36.2 Å². The molecule has 3 atom stereocenters. The molecule has 0 aromatic carbocycles. The van der Waals surface area contributed by atoms with Crippen molar-refractivity contribution in [1.29, 1.82) is 0 Å². The van der Waals surface area contributed by atoms with Crippen molar-refractivity contribution < 1.29 is 14.7 Å². The highest BCUT2D eigenvalue weighted by Crippen LogP contribution is 2.42. The van der Waals surface area contributed by atoms with Gasteiger partial charge in [-0.3, -0.25) is 4.79 Å².